The van der Waals surface area contributed by atoms with Crippen molar-refractivity contribution in [1.29, 1.82) is 0 Å². The lowest BCUT2D eigenvalue weighted by atomic mass is 10.1. The van der Waals surface area contributed by atoms with Gasteiger partial charge in [0.25, 0.3) is 5.91 Å². The molecule has 5 nitrogen and oxygen atoms in total. The molecule has 1 N–H and O–H groups in total. The second-order valence-corrected chi connectivity index (χ2v) is 6.84. The summed E-state index contributed by atoms with van der Waals surface area (Å²) < 4.78 is 5.63. The van der Waals surface area contributed by atoms with E-state index in [-0.39, 0.29) is 18.1 Å². The van der Waals surface area contributed by atoms with E-state index in [9.17, 15) is 4.79 Å². The fourth-order valence-corrected chi connectivity index (χ4v) is 3.70. The predicted molar refractivity (Wildman–Crippen MR) is 98.1 cm³/mol. The molecule has 5 heteroatoms. The number of benzene rings is 1. The quantitative estimate of drug-likeness (QED) is 0.930. The van der Waals surface area contributed by atoms with Gasteiger partial charge < -0.3 is 15.0 Å². The van der Waals surface area contributed by atoms with E-state index in [2.05, 4.69) is 23.3 Å². The molecule has 0 spiro atoms. The van der Waals surface area contributed by atoms with Gasteiger partial charge in [0.15, 0.2) is 0 Å². The molecule has 1 amide bonds. The Bertz CT molecular complexity index is 771. The maximum atomic E-state index is 13.1. The van der Waals surface area contributed by atoms with Crippen molar-refractivity contribution in [3.8, 4) is 0 Å². The molecule has 1 aromatic carbocycles. The van der Waals surface area contributed by atoms with Gasteiger partial charge in [-0.15, -0.1) is 0 Å². The number of amides is 1. The number of hydrogen-bond donors (Lipinski definition) is 1. The van der Waals surface area contributed by atoms with Gasteiger partial charge in [0.05, 0.1) is 17.4 Å². The van der Waals surface area contributed by atoms with Gasteiger partial charge in [-0.05, 0) is 43.9 Å². The maximum Gasteiger partial charge on any atom is 0.260 e. The largest absolute Gasteiger partial charge is 0.381 e. The van der Waals surface area contributed by atoms with Crippen LogP contribution < -0.4 is 10.2 Å². The van der Waals surface area contributed by atoms with E-state index in [4.69, 9.17) is 4.74 Å². The Balaban J connectivity index is 1.51. The topological polar surface area (TPSA) is 54.5 Å². The average Bonchev–Trinajstić information content (AvgIpc) is 3.26. The van der Waals surface area contributed by atoms with Crippen LogP contribution in [0.1, 0.15) is 35.7 Å². The summed E-state index contributed by atoms with van der Waals surface area (Å²) in [6, 6.07) is 10.2. The highest BCUT2D eigenvalue weighted by Crippen LogP contribution is 2.33. The second kappa shape index (κ2) is 6.84. The molecule has 1 saturated heterocycles. The van der Waals surface area contributed by atoms with Crippen LogP contribution in [0, 0.1) is 0 Å². The van der Waals surface area contributed by atoms with Crippen molar-refractivity contribution in [3.63, 3.8) is 0 Å². The number of anilines is 2. The van der Waals surface area contributed by atoms with Gasteiger partial charge in [-0.1, -0.05) is 18.2 Å². The highest BCUT2D eigenvalue weighted by atomic mass is 16.5. The number of fused-ring (bicyclic) bond motifs is 1. The molecular formula is C20H23N3O2. The molecule has 25 heavy (non-hydrogen) atoms. The van der Waals surface area contributed by atoms with E-state index in [1.165, 1.54) is 5.56 Å². The molecule has 3 heterocycles. The van der Waals surface area contributed by atoms with Crippen molar-refractivity contribution in [3.05, 3.63) is 53.9 Å². The molecule has 2 aliphatic heterocycles. The van der Waals surface area contributed by atoms with Crippen molar-refractivity contribution in [2.75, 3.05) is 23.4 Å². The minimum absolute atomic E-state index is 0.00529. The highest BCUT2D eigenvalue weighted by molar-refractivity contribution is 6.08. The first-order valence-electron chi connectivity index (χ1n) is 8.94. The molecule has 2 atom stereocenters. The molecule has 0 radical (unpaired) electrons. The summed E-state index contributed by atoms with van der Waals surface area (Å²) in [4.78, 5) is 19.2. The van der Waals surface area contributed by atoms with Crippen molar-refractivity contribution < 1.29 is 9.53 Å². The predicted octanol–water partition coefficient (Wildman–Crippen LogP) is 3.26. The molecule has 0 aliphatic carbocycles. The van der Waals surface area contributed by atoms with Crippen LogP contribution in [0.5, 0.6) is 0 Å². The minimum Gasteiger partial charge on any atom is -0.381 e. The van der Waals surface area contributed by atoms with Crippen LogP contribution in [0.4, 0.5) is 11.4 Å². The lowest BCUT2D eigenvalue weighted by Crippen LogP contribution is -2.35. The summed E-state index contributed by atoms with van der Waals surface area (Å²) in [5.41, 5.74) is 3.71. The third kappa shape index (κ3) is 3.24. The molecular weight excluding hydrogens is 314 g/mol. The summed E-state index contributed by atoms with van der Waals surface area (Å²) in [5.74, 6) is 0.00529. The molecule has 4 rings (SSSR count). The van der Waals surface area contributed by atoms with Gasteiger partial charge in [-0.25, -0.2) is 0 Å². The Morgan fingerprint density at radius 3 is 3.08 bits per heavy atom. The molecule has 1 aromatic heterocycles. The maximum absolute atomic E-state index is 13.1. The third-order valence-corrected chi connectivity index (χ3v) is 4.97. The number of rotatable bonds is 4. The molecule has 2 aromatic rings. The fraction of sp³-hybridized carbons (Fsp3) is 0.400. The Kier molecular flexibility index (Phi) is 4.40. The monoisotopic (exact) mass is 337 g/mol. The number of nitrogens with zero attached hydrogens (tertiary/aromatic N) is 2. The van der Waals surface area contributed by atoms with E-state index in [1.54, 1.807) is 12.4 Å². The Labute approximate surface area is 148 Å². The number of aromatic nitrogens is 1. The summed E-state index contributed by atoms with van der Waals surface area (Å²) >= 11 is 0. The second-order valence-electron chi connectivity index (χ2n) is 6.84. The van der Waals surface area contributed by atoms with Crippen molar-refractivity contribution in [1.82, 2.24) is 4.98 Å². The first-order valence-corrected chi connectivity index (χ1v) is 8.94. The van der Waals surface area contributed by atoms with E-state index in [0.29, 0.717) is 5.56 Å². The van der Waals surface area contributed by atoms with Crippen molar-refractivity contribution >= 4 is 17.3 Å². The number of pyridine rings is 1. The van der Waals surface area contributed by atoms with Gasteiger partial charge in [0.2, 0.25) is 0 Å². The summed E-state index contributed by atoms with van der Waals surface area (Å²) in [6.07, 6.45) is 6.76. The van der Waals surface area contributed by atoms with Gasteiger partial charge in [-0.2, -0.15) is 0 Å². The molecule has 0 saturated carbocycles. The van der Waals surface area contributed by atoms with Gasteiger partial charge in [0.1, 0.15) is 0 Å². The van der Waals surface area contributed by atoms with Crippen LogP contribution in [0.25, 0.3) is 0 Å². The molecule has 130 valence electrons. The molecule has 2 aliphatic rings. The number of nitrogens with one attached hydrogen (secondary N) is 1. The highest BCUT2D eigenvalue weighted by Gasteiger charge is 2.31. The Hall–Kier alpha value is -2.40. The Morgan fingerprint density at radius 1 is 1.36 bits per heavy atom. The van der Waals surface area contributed by atoms with Crippen LogP contribution in [0.15, 0.2) is 42.7 Å². The van der Waals surface area contributed by atoms with Crippen LogP contribution in [-0.2, 0) is 11.2 Å². The first-order chi connectivity index (χ1) is 12.2. The number of hydrogen-bond acceptors (Lipinski definition) is 4. The summed E-state index contributed by atoms with van der Waals surface area (Å²) in [5, 5.41) is 3.34. The average molecular weight is 337 g/mol. The zero-order valence-corrected chi connectivity index (χ0v) is 14.4. The van der Waals surface area contributed by atoms with Crippen LogP contribution >= 0.6 is 0 Å². The van der Waals surface area contributed by atoms with E-state index < -0.39 is 0 Å². The van der Waals surface area contributed by atoms with Crippen LogP contribution in [0.3, 0.4) is 0 Å². The van der Waals surface area contributed by atoms with Gasteiger partial charge >= 0.3 is 0 Å². The van der Waals surface area contributed by atoms with Crippen LogP contribution in [0.2, 0.25) is 0 Å². The number of carbonyl (C=O) groups excluding carboxylic acids is 1. The van der Waals surface area contributed by atoms with E-state index in [0.717, 1.165) is 43.8 Å². The summed E-state index contributed by atoms with van der Waals surface area (Å²) in [7, 11) is 0. The lowest BCUT2D eigenvalue weighted by molar-refractivity contribution is 0.0981. The van der Waals surface area contributed by atoms with E-state index >= 15 is 0 Å². The normalized spacial score (nSPS) is 22.0. The number of carbonyl (C=O) groups is 1. The zero-order valence-electron chi connectivity index (χ0n) is 14.4. The lowest BCUT2D eigenvalue weighted by Gasteiger charge is -2.23. The van der Waals surface area contributed by atoms with Crippen LogP contribution in [-0.4, -0.2) is 36.2 Å². The third-order valence-electron chi connectivity index (χ3n) is 4.97. The molecule has 1 fully saturated rings. The summed E-state index contributed by atoms with van der Waals surface area (Å²) in [6.45, 7) is 3.68. The number of ether oxygens (including phenoxy) is 1. The fourth-order valence-electron chi connectivity index (χ4n) is 3.70. The standard InChI is InChI=1S/C20H23N3O2/c1-14-9-15-5-2-3-7-19(15)23(14)20(24)16-10-17(12-21-11-16)22-13-18-6-4-8-25-18/h2-3,5,7,10-12,14,18,22H,4,6,8-9,13H2,1H3. The van der Waals surface area contributed by atoms with Crippen molar-refractivity contribution in [2.45, 2.75) is 38.3 Å². The minimum atomic E-state index is 0.00529. The zero-order chi connectivity index (χ0) is 17.2. The smallest absolute Gasteiger partial charge is 0.260 e. The van der Waals surface area contributed by atoms with Gasteiger partial charge in [-0.3, -0.25) is 9.78 Å². The Morgan fingerprint density at radius 2 is 2.24 bits per heavy atom. The number of para-hydroxylation sites is 1. The van der Waals surface area contributed by atoms with Gasteiger partial charge in [0, 0.05) is 37.3 Å². The molecule has 2 unspecified atom stereocenters. The first kappa shape index (κ1) is 16.1. The SMILES string of the molecule is CC1Cc2ccccc2N1C(=O)c1cncc(NCC2CCCO2)c1. The van der Waals surface area contributed by atoms with Crippen molar-refractivity contribution in [2.24, 2.45) is 0 Å². The molecule has 0 bridgehead atoms. The van der Waals surface area contributed by atoms with E-state index in [1.807, 2.05) is 29.2 Å².